The zero-order chi connectivity index (χ0) is 17.8. The first-order valence-corrected chi connectivity index (χ1v) is 9.49. The minimum absolute atomic E-state index is 0.197. The van der Waals surface area contributed by atoms with Gasteiger partial charge in [0.25, 0.3) is 0 Å². The van der Waals surface area contributed by atoms with Crippen molar-refractivity contribution in [3.63, 3.8) is 0 Å². The molecule has 3 heterocycles. The highest BCUT2D eigenvalue weighted by Crippen LogP contribution is 2.59. The molecule has 1 aromatic heterocycles. The van der Waals surface area contributed by atoms with Crippen molar-refractivity contribution in [1.29, 1.82) is 0 Å². The van der Waals surface area contributed by atoms with Crippen molar-refractivity contribution in [2.45, 2.75) is 52.4 Å². The van der Waals surface area contributed by atoms with Crippen LogP contribution in [0.4, 0.5) is 4.79 Å². The SMILES string of the molecule is CC1(C)[C@@H]2CC[C@@]1(C)CN(C(=O)N1CCC(c3n[nH]c(=O)[nH]3)CC1)C2. The Labute approximate surface area is 148 Å². The summed E-state index contributed by atoms with van der Waals surface area (Å²) in [6.07, 6.45) is 4.17. The van der Waals surface area contributed by atoms with Crippen LogP contribution in [0.1, 0.15) is 58.2 Å². The Balaban J connectivity index is 1.39. The van der Waals surface area contributed by atoms with E-state index in [4.69, 9.17) is 0 Å². The summed E-state index contributed by atoms with van der Waals surface area (Å²) in [6, 6.07) is 0.197. The van der Waals surface area contributed by atoms with Crippen molar-refractivity contribution in [2.24, 2.45) is 16.7 Å². The van der Waals surface area contributed by atoms with Crippen molar-refractivity contribution in [1.82, 2.24) is 25.0 Å². The molecular formula is C18H29N5O2. The molecule has 7 heteroatoms. The maximum absolute atomic E-state index is 13.0. The zero-order valence-electron chi connectivity index (χ0n) is 15.5. The summed E-state index contributed by atoms with van der Waals surface area (Å²) in [5, 5.41) is 6.48. The van der Waals surface area contributed by atoms with E-state index in [2.05, 4.69) is 40.9 Å². The van der Waals surface area contributed by atoms with Crippen LogP contribution in [0.25, 0.3) is 0 Å². The minimum Gasteiger partial charge on any atom is -0.325 e. The van der Waals surface area contributed by atoms with Crippen LogP contribution in [0.2, 0.25) is 0 Å². The number of nitrogens with one attached hydrogen (secondary N) is 2. The summed E-state index contributed by atoms with van der Waals surface area (Å²) < 4.78 is 0. The van der Waals surface area contributed by atoms with Crippen molar-refractivity contribution >= 4 is 6.03 Å². The summed E-state index contributed by atoms with van der Waals surface area (Å²) >= 11 is 0. The summed E-state index contributed by atoms with van der Waals surface area (Å²) in [6.45, 7) is 10.4. The van der Waals surface area contributed by atoms with Crippen LogP contribution < -0.4 is 5.69 Å². The number of urea groups is 1. The average molecular weight is 347 g/mol. The molecule has 2 saturated heterocycles. The van der Waals surface area contributed by atoms with Gasteiger partial charge in [-0.15, -0.1) is 0 Å². The Morgan fingerprint density at radius 2 is 1.88 bits per heavy atom. The van der Waals surface area contributed by atoms with Gasteiger partial charge in [0, 0.05) is 32.1 Å². The van der Waals surface area contributed by atoms with Crippen LogP contribution in [0.3, 0.4) is 0 Å². The lowest BCUT2D eigenvalue weighted by Crippen LogP contribution is -2.57. The highest BCUT2D eigenvalue weighted by Gasteiger charge is 2.56. The fourth-order valence-corrected chi connectivity index (χ4v) is 5.19. The quantitative estimate of drug-likeness (QED) is 0.816. The topological polar surface area (TPSA) is 85.1 Å². The van der Waals surface area contributed by atoms with Gasteiger partial charge >= 0.3 is 11.7 Å². The molecule has 2 aliphatic heterocycles. The molecule has 1 saturated carbocycles. The van der Waals surface area contributed by atoms with E-state index in [1.54, 1.807) is 0 Å². The van der Waals surface area contributed by atoms with Gasteiger partial charge < -0.3 is 9.80 Å². The zero-order valence-corrected chi connectivity index (χ0v) is 15.5. The molecule has 25 heavy (non-hydrogen) atoms. The Bertz CT molecular complexity index is 715. The van der Waals surface area contributed by atoms with Crippen LogP contribution in [-0.4, -0.2) is 57.2 Å². The van der Waals surface area contributed by atoms with Crippen LogP contribution >= 0.6 is 0 Å². The molecule has 0 aromatic carbocycles. The van der Waals surface area contributed by atoms with Crippen LogP contribution in [0.15, 0.2) is 4.79 Å². The number of aromatic nitrogens is 3. The molecule has 1 aliphatic carbocycles. The number of amides is 2. The maximum atomic E-state index is 13.0. The molecule has 3 aliphatic rings. The fourth-order valence-electron chi connectivity index (χ4n) is 5.19. The van der Waals surface area contributed by atoms with E-state index in [1.165, 1.54) is 12.8 Å². The van der Waals surface area contributed by atoms with Crippen molar-refractivity contribution in [2.75, 3.05) is 26.2 Å². The summed E-state index contributed by atoms with van der Waals surface area (Å²) in [4.78, 5) is 31.1. The molecule has 2 N–H and O–H groups in total. The van der Waals surface area contributed by atoms with Crippen molar-refractivity contribution in [3.05, 3.63) is 16.3 Å². The highest BCUT2D eigenvalue weighted by molar-refractivity contribution is 5.75. The lowest BCUT2D eigenvalue weighted by molar-refractivity contribution is -0.00801. The van der Waals surface area contributed by atoms with Gasteiger partial charge in [-0.05, 0) is 42.4 Å². The largest absolute Gasteiger partial charge is 0.340 e. The van der Waals surface area contributed by atoms with Gasteiger partial charge in [-0.1, -0.05) is 20.8 Å². The molecule has 2 atom stereocenters. The lowest BCUT2D eigenvalue weighted by atomic mass is 9.63. The Morgan fingerprint density at radius 1 is 1.16 bits per heavy atom. The number of piperidine rings is 2. The van der Waals surface area contributed by atoms with E-state index in [0.29, 0.717) is 11.3 Å². The first-order valence-electron chi connectivity index (χ1n) is 9.49. The van der Waals surface area contributed by atoms with Gasteiger partial charge in [-0.3, -0.25) is 4.98 Å². The molecule has 1 aromatic rings. The number of hydrogen-bond acceptors (Lipinski definition) is 3. The number of fused-ring (bicyclic) bond motifs is 2. The number of rotatable bonds is 1. The van der Waals surface area contributed by atoms with E-state index in [1.807, 2.05) is 4.90 Å². The second-order valence-corrected chi connectivity index (χ2v) is 9.01. The number of aromatic amines is 2. The smallest absolute Gasteiger partial charge is 0.325 e. The van der Waals surface area contributed by atoms with Crippen LogP contribution in [0.5, 0.6) is 0 Å². The Morgan fingerprint density at radius 3 is 2.48 bits per heavy atom. The minimum atomic E-state index is -0.256. The van der Waals surface area contributed by atoms with Crippen molar-refractivity contribution < 1.29 is 4.79 Å². The number of H-pyrrole nitrogens is 2. The number of likely N-dealkylation sites (tertiary alicyclic amines) is 2. The van der Waals surface area contributed by atoms with Gasteiger partial charge in [0.2, 0.25) is 0 Å². The summed E-state index contributed by atoms with van der Waals surface area (Å²) in [7, 11) is 0. The van der Waals surface area contributed by atoms with E-state index in [-0.39, 0.29) is 23.1 Å². The second-order valence-electron chi connectivity index (χ2n) is 9.01. The number of nitrogens with zero attached hydrogens (tertiary/aromatic N) is 3. The molecule has 7 nitrogen and oxygen atoms in total. The molecule has 4 rings (SSSR count). The normalized spacial score (nSPS) is 32.2. The predicted octanol–water partition coefficient (Wildman–Crippen LogP) is 2.16. The summed E-state index contributed by atoms with van der Waals surface area (Å²) in [5.74, 6) is 1.57. The van der Waals surface area contributed by atoms with Gasteiger partial charge in [-0.2, -0.15) is 5.10 Å². The van der Waals surface area contributed by atoms with E-state index >= 15 is 0 Å². The average Bonchev–Trinajstić information content (AvgIpc) is 3.02. The van der Waals surface area contributed by atoms with E-state index < -0.39 is 0 Å². The monoisotopic (exact) mass is 347 g/mol. The fraction of sp³-hybridized carbons (Fsp3) is 0.833. The Kier molecular flexibility index (Phi) is 3.74. The molecule has 3 fully saturated rings. The van der Waals surface area contributed by atoms with Gasteiger partial charge in [0.1, 0.15) is 5.82 Å². The van der Waals surface area contributed by atoms with Crippen LogP contribution in [0, 0.1) is 16.7 Å². The van der Waals surface area contributed by atoms with Gasteiger partial charge in [0.15, 0.2) is 0 Å². The number of hydrogen-bond donors (Lipinski definition) is 2. The first kappa shape index (κ1) is 16.7. The molecule has 138 valence electrons. The maximum Gasteiger partial charge on any atom is 0.340 e. The second kappa shape index (κ2) is 5.61. The highest BCUT2D eigenvalue weighted by atomic mass is 16.2. The third-order valence-electron chi connectivity index (χ3n) is 7.54. The van der Waals surface area contributed by atoms with Gasteiger partial charge in [0.05, 0.1) is 0 Å². The van der Waals surface area contributed by atoms with E-state index in [0.717, 1.165) is 44.8 Å². The van der Waals surface area contributed by atoms with E-state index in [9.17, 15) is 9.59 Å². The number of carbonyl (C=O) groups excluding carboxylic acids is 1. The molecule has 2 amide bonds. The summed E-state index contributed by atoms with van der Waals surface area (Å²) in [5.41, 5.74) is 0.300. The molecule has 2 bridgehead atoms. The van der Waals surface area contributed by atoms with Gasteiger partial charge in [-0.25, -0.2) is 14.7 Å². The Hall–Kier alpha value is -1.79. The first-order chi connectivity index (χ1) is 11.8. The van der Waals surface area contributed by atoms with Crippen LogP contribution in [-0.2, 0) is 0 Å². The number of carbonyl (C=O) groups is 1. The lowest BCUT2D eigenvalue weighted by Gasteiger charge is -2.51. The third kappa shape index (κ3) is 2.59. The van der Waals surface area contributed by atoms with Crippen molar-refractivity contribution in [3.8, 4) is 0 Å². The molecular weight excluding hydrogens is 318 g/mol. The molecule has 0 spiro atoms. The molecule has 0 radical (unpaired) electrons. The predicted molar refractivity (Wildman–Crippen MR) is 94.3 cm³/mol. The third-order valence-corrected chi connectivity index (χ3v) is 7.54. The standard InChI is InChI=1S/C18H29N5O2/c1-17(2)13-4-7-18(17,3)11-23(10-13)16(25)22-8-5-12(6-9-22)14-19-15(24)21-20-14/h12-13H,4-11H2,1-3H3,(H2,19,20,21,24)/t13-,18+/m1/s1. The molecule has 0 unspecified atom stereocenters.